The molecule has 0 spiro atoms. The minimum absolute atomic E-state index is 0.178. The molecule has 2 aromatic rings. The van der Waals surface area contributed by atoms with Crippen LogP contribution >= 0.6 is 23.2 Å². The molecule has 6 heteroatoms. The molecule has 2 aromatic carbocycles. The minimum atomic E-state index is -0.497. The lowest BCUT2D eigenvalue weighted by molar-refractivity contribution is -0.133. The van der Waals surface area contributed by atoms with Gasteiger partial charge in [-0.2, -0.15) is 0 Å². The molecule has 150 valence electrons. The normalized spacial score (nSPS) is 11.5. The Balaban J connectivity index is 2.29. The summed E-state index contributed by atoms with van der Waals surface area (Å²) >= 11 is 12.8. The molecule has 4 nitrogen and oxygen atoms in total. The summed E-state index contributed by atoms with van der Waals surface area (Å²) in [6.45, 7) is 4.45. The largest absolute Gasteiger partial charge is 0.503 e. The van der Waals surface area contributed by atoms with Gasteiger partial charge in [-0.1, -0.05) is 61.3 Å². The Kier molecular flexibility index (Phi) is 8.21. The highest BCUT2D eigenvalue weighted by molar-refractivity contribution is 6.37. The van der Waals surface area contributed by atoms with Crippen molar-refractivity contribution in [2.45, 2.75) is 26.9 Å². The zero-order valence-electron chi connectivity index (χ0n) is 16.4. The summed E-state index contributed by atoms with van der Waals surface area (Å²) in [7, 11) is 2.80. The summed E-state index contributed by atoms with van der Waals surface area (Å²) in [6.07, 6.45) is 2.23. The lowest BCUT2D eigenvalue weighted by atomic mass is 10.0. The first-order chi connectivity index (χ1) is 13.4. The average Bonchev–Trinajstić information content (AvgIpc) is 2.65. The summed E-state index contributed by atoms with van der Waals surface area (Å²) in [4.78, 5) is 12.1. The SMILES string of the molecule is CO/C=C(/C(=O)OC)c1ccccc1COc1c(Cl)cc(CC(C)C)cc1Cl. The third-order valence-electron chi connectivity index (χ3n) is 4.02. The number of esters is 1. The average molecular weight is 423 g/mol. The predicted molar refractivity (Wildman–Crippen MR) is 113 cm³/mol. The molecule has 2 rings (SSSR count). The van der Waals surface area contributed by atoms with Crippen LogP contribution in [0.25, 0.3) is 5.57 Å². The standard InChI is InChI=1S/C22H24Cl2O4/c1-14(2)9-15-10-19(23)21(20(24)11-15)28-12-16-7-5-6-8-17(16)18(13-26-3)22(25)27-4/h5-8,10-11,13-14H,9,12H2,1-4H3/b18-13+. The molecule has 0 saturated heterocycles. The van der Waals surface area contributed by atoms with Crippen LogP contribution in [0.5, 0.6) is 5.75 Å². The summed E-state index contributed by atoms with van der Waals surface area (Å²) < 4.78 is 15.8. The summed E-state index contributed by atoms with van der Waals surface area (Å²) in [5.74, 6) is 0.416. The molecule has 0 fully saturated rings. The molecule has 0 saturated carbocycles. The van der Waals surface area contributed by atoms with Crippen LogP contribution in [-0.2, 0) is 27.3 Å². The number of ether oxygens (including phenoxy) is 3. The number of hydrogen-bond acceptors (Lipinski definition) is 4. The minimum Gasteiger partial charge on any atom is -0.503 e. The molecule has 0 N–H and O–H groups in total. The molecule has 0 aliphatic heterocycles. The van der Waals surface area contributed by atoms with Crippen LogP contribution in [0.1, 0.15) is 30.5 Å². The predicted octanol–water partition coefficient (Wildman–Crippen LogP) is 5.93. The van der Waals surface area contributed by atoms with E-state index >= 15 is 0 Å². The van der Waals surface area contributed by atoms with E-state index in [0.29, 0.717) is 32.8 Å². The van der Waals surface area contributed by atoms with E-state index in [2.05, 4.69) is 13.8 Å². The highest BCUT2D eigenvalue weighted by atomic mass is 35.5. The van der Waals surface area contributed by atoms with Gasteiger partial charge in [0.25, 0.3) is 0 Å². The van der Waals surface area contributed by atoms with Crippen LogP contribution < -0.4 is 4.74 Å². The first-order valence-corrected chi connectivity index (χ1v) is 9.63. The molecule has 0 amide bonds. The maximum atomic E-state index is 12.1. The quantitative estimate of drug-likeness (QED) is 0.300. The first kappa shape index (κ1) is 22.1. The van der Waals surface area contributed by atoms with Gasteiger partial charge in [0.2, 0.25) is 0 Å². The molecule has 0 unspecified atom stereocenters. The van der Waals surface area contributed by atoms with E-state index in [-0.39, 0.29) is 6.61 Å². The Labute approximate surface area is 176 Å². The molecular formula is C22H24Cl2O4. The van der Waals surface area contributed by atoms with Crippen LogP contribution in [0.3, 0.4) is 0 Å². The zero-order valence-corrected chi connectivity index (χ0v) is 17.9. The van der Waals surface area contributed by atoms with Gasteiger partial charge in [-0.05, 0) is 41.2 Å². The highest BCUT2D eigenvalue weighted by Crippen LogP contribution is 2.36. The Morgan fingerprint density at radius 1 is 1.11 bits per heavy atom. The van der Waals surface area contributed by atoms with E-state index in [1.54, 1.807) is 6.07 Å². The van der Waals surface area contributed by atoms with Gasteiger partial charge in [0.1, 0.15) is 12.2 Å². The van der Waals surface area contributed by atoms with E-state index in [1.165, 1.54) is 20.5 Å². The molecule has 0 aliphatic carbocycles. The Bertz CT molecular complexity index is 836. The topological polar surface area (TPSA) is 44.8 Å². The molecular weight excluding hydrogens is 399 g/mol. The van der Waals surface area contributed by atoms with Gasteiger partial charge in [-0.3, -0.25) is 0 Å². The smallest absolute Gasteiger partial charge is 0.341 e. The van der Waals surface area contributed by atoms with Crippen LogP contribution in [0.2, 0.25) is 10.0 Å². The second kappa shape index (κ2) is 10.4. The summed E-state index contributed by atoms with van der Waals surface area (Å²) in [5.41, 5.74) is 2.79. The molecule has 0 radical (unpaired) electrons. The number of halogens is 2. The lowest BCUT2D eigenvalue weighted by Crippen LogP contribution is -2.08. The van der Waals surface area contributed by atoms with Crippen LogP contribution in [-0.4, -0.2) is 20.2 Å². The highest BCUT2D eigenvalue weighted by Gasteiger charge is 2.18. The zero-order chi connectivity index (χ0) is 20.7. The Morgan fingerprint density at radius 2 is 1.75 bits per heavy atom. The molecule has 0 heterocycles. The lowest BCUT2D eigenvalue weighted by Gasteiger charge is -2.15. The third kappa shape index (κ3) is 5.66. The monoisotopic (exact) mass is 422 g/mol. The maximum absolute atomic E-state index is 12.1. The molecule has 0 aliphatic rings. The van der Waals surface area contributed by atoms with Gasteiger partial charge >= 0.3 is 5.97 Å². The fourth-order valence-corrected chi connectivity index (χ4v) is 3.49. The van der Waals surface area contributed by atoms with Crippen molar-refractivity contribution in [1.82, 2.24) is 0 Å². The van der Waals surface area contributed by atoms with Crippen LogP contribution in [0.4, 0.5) is 0 Å². The number of methoxy groups -OCH3 is 2. The number of hydrogen-bond donors (Lipinski definition) is 0. The fourth-order valence-electron chi connectivity index (χ4n) is 2.85. The molecule has 0 atom stereocenters. The van der Waals surface area contributed by atoms with Gasteiger partial charge in [-0.25, -0.2) is 4.79 Å². The fraction of sp³-hybridized carbons (Fsp3) is 0.318. The number of rotatable bonds is 8. The molecule has 28 heavy (non-hydrogen) atoms. The van der Waals surface area contributed by atoms with E-state index in [9.17, 15) is 4.79 Å². The number of benzene rings is 2. The van der Waals surface area contributed by atoms with Crippen molar-refractivity contribution >= 4 is 34.7 Å². The van der Waals surface area contributed by atoms with Gasteiger partial charge < -0.3 is 14.2 Å². The van der Waals surface area contributed by atoms with Gasteiger partial charge in [-0.15, -0.1) is 0 Å². The van der Waals surface area contributed by atoms with Crippen molar-refractivity contribution in [3.63, 3.8) is 0 Å². The summed E-state index contributed by atoms with van der Waals surface area (Å²) in [6, 6.07) is 11.1. The van der Waals surface area contributed by atoms with Crippen molar-refractivity contribution in [3.8, 4) is 5.75 Å². The van der Waals surface area contributed by atoms with Crippen molar-refractivity contribution in [2.75, 3.05) is 14.2 Å². The van der Waals surface area contributed by atoms with Crippen molar-refractivity contribution in [2.24, 2.45) is 5.92 Å². The van der Waals surface area contributed by atoms with Gasteiger partial charge in [0, 0.05) is 0 Å². The van der Waals surface area contributed by atoms with E-state index in [0.717, 1.165) is 17.5 Å². The second-order valence-corrected chi connectivity index (χ2v) is 7.51. The maximum Gasteiger partial charge on any atom is 0.341 e. The van der Waals surface area contributed by atoms with Gasteiger partial charge in [0.15, 0.2) is 5.75 Å². The van der Waals surface area contributed by atoms with E-state index in [4.69, 9.17) is 37.4 Å². The molecule has 0 aromatic heterocycles. The van der Waals surface area contributed by atoms with Crippen molar-refractivity contribution in [1.29, 1.82) is 0 Å². The Morgan fingerprint density at radius 3 is 2.32 bits per heavy atom. The van der Waals surface area contributed by atoms with Crippen LogP contribution in [0.15, 0.2) is 42.7 Å². The first-order valence-electron chi connectivity index (χ1n) is 8.87. The van der Waals surface area contributed by atoms with E-state index in [1.807, 2.05) is 30.3 Å². The number of carbonyl (C=O) groups excluding carboxylic acids is 1. The number of carbonyl (C=O) groups is 1. The third-order valence-corrected chi connectivity index (χ3v) is 4.58. The van der Waals surface area contributed by atoms with Gasteiger partial charge in [0.05, 0.1) is 30.5 Å². The Hall–Kier alpha value is -2.17. The molecule has 0 bridgehead atoms. The van der Waals surface area contributed by atoms with Crippen molar-refractivity contribution < 1.29 is 19.0 Å². The van der Waals surface area contributed by atoms with Crippen molar-refractivity contribution in [3.05, 3.63) is 69.4 Å². The summed E-state index contributed by atoms with van der Waals surface area (Å²) in [5, 5.41) is 0.919. The second-order valence-electron chi connectivity index (χ2n) is 6.69. The van der Waals surface area contributed by atoms with Crippen LogP contribution in [0, 0.1) is 5.92 Å². The van der Waals surface area contributed by atoms with E-state index < -0.39 is 5.97 Å².